The summed E-state index contributed by atoms with van der Waals surface area (Å²) in [5.74, 6) is 1.56. The second-order valence-corrected chi connectivity index (χ2v) is 5.48. The lowest BCUT2D eigenvalue weighted by Gasteiger charge is -2.09. The molecule has 0 bridgehead atoms. The first-order chi connectivity index (χ1) is 9.65. The third-order valence-corrected chi connectivity index (χ3v) is 3.45. The molecule has 0 aliphatic carbocycles. The summed E-state index contributed by atoms with van der Waals surface area (Å²) in [6.07, 6.45) is 2.03. The van der Waals surface area contributed by atoms with Crippen LogP contribution in [0.3, 0.4) is 0 Å². The minimum Gasteiger partial charge on any atom is -0.343 e. The number of benzene rings is 1. The van der Waals surface area contributed by atoms with Crippen molar-refractivity contribution >= 4 is 22.6 Å². The van der Waals surface area contributed by atoms with Crippen LogP contribution in [-0.2, 0) is 13.0 Å². The van der Waals surface area contributed by atoms with E-state index in [0.717, 1.165) is 23.4 Å². The van der Waals surface area contributed by atoms with E-state index in [0.29, 0.717) is 12.2 Å². The van der Waals surface area contributed by atoms with E-state index in [-0.39, 0.29) is 5.38 Å². The Labute approximate surface area is 121 Å². The maximum atomic E-state index is 6.25. The largest absolute Gasteiger partial charge is 0.343 e. The Kier molecular flexibility index (Phi) is 3.44. The van der Waals surface area contributed by atoms with Gasteiger partial charge in [0, 0.05) is 13.0 Å². The minimum atomic E-state index is -0.145. The SMILES string of the molecule is Cc1ccc2c(c1)nc(C(C)Cl)n2CCc1ncon1. The summed E-state index contributed by atoms with van der Waals surface area (Å²) < 4.78 is 6.88. The van der Waals surface area contributed by atoms with Crippen LogP contribution in [0.25, 0.3) is 11.0 Å². The lowest BCUT2D eigenvalue weighted by Crippen LogP contribution is -2.07. The van der Waals surface area contributed by atoms with Crippen LogP contribution in [0.2, 0.25) is 0 Å². The number of aryl methyl sites for hydroxylation is 3. The van der Waals surface area contributed by atoms with E-state index in [9.17, 15) is 0 Å². The highest BCUT2D eigenvalue weighted by Crippen LogP contribution is 2.25. The molecule has 0 aliphatic rings. The molecule has 1 unspecified atom stereocenters. The number of hydrogen-bond acceptors (Lipinski definition) is 4. The minimum absolute atomic E-state index is 0.145. The van der Waals surface area contributed by atoms with Gasteiger partial charge in [0.15, 0.2) is 5.82 Å². The van der Waals surface area contributed by atoms with Crippen molar-refractivity contribution in [2.45, 2.75) is 32.2 Å². The van der Waals surface area contributed by atoms with Crippen molar-refractivity contribution in [2.75, 3.05) is 0 Å². The van der Waals surface area contributed by atoms with Crippen molar-refractivity contribution in [3.05, 3.63) is 41.8 Å². The first kappa shape index (κ1) is 13.1. The van der Waals surface area contributed by atoms with Crippen LogP contribution >= 0.6 is 11.6 Å². The van der Waals surface area contributed by atoms with E-state index in [1.807, 2.05) is 6.92 Å². The summed E-state index contributed by atoms with van der Waals surface area (Å²) in [4.78, 5) is 8.68. The summed E-state index contributed by atoms with van der Waals surface area (Å²) in [5.41, 5.74) is 3.25. The molecule has 1 aromatic carbocycles. The molecule has 0 amide bonds. The van der Waals surface area contributed by atoms with Crippen LogP contribution in [-0.4, -0.2) is 19.7 Å². The predicted molar refractivity (Wildman–Crippen MR) is 76.7 cm³/mol. The van der Waals surface area contributed by atoms with Crippen LogP contribution in [0.1, 0.15) is 29.5 Å². The van der Waals surface area contributed by atoms with Gasteiger partial charge in [0.1, 0.15) is 5.82 Å². The van der Waals surface area contributed by atoms with Gasteiger partial charge in [-0.2, -0.15) is 4.98 Å². The van der Waals surface area contributed by atoms with Gasteiger partial charge < -0.3 is 9.09 Å². The number of aromatic nitrogens is 4. The molecule has 5 nitrogen and oxygen atoms in total. The number of imidazole rings is 1. The van der Waals surface area contributed by atoms with Crippen molar-refractivity contribution in [2.24, 2.45) is 0 Å². The Balaban J connectivity index is 2.00. The topological polar surface area (TPSA) is 56.7 Å². The van der Waals surface area contributed by atoms with E-state index in [2.05, 4.69) is 44.8 Å². The number of halogens is 1. The molecule has 6 heteroatoms. The van der Waals surface area contributed by atoms with Gasteiger partial charge >= 0.3 is 0 Å². The van der Waals surface area contributed by atoms with Crippen molar-refractivity contribution in [1.29, 1.82) is 0 Å². The summed E-state index contributed by atoms with van der Waals surface area (Å²) in [7, 11) is 0. The molecule has 104 valence electrons. The van der Waals surface area contributed by atoms with E-state index in [1.54, 1.807) is 0 Å². The van der Waals surface area contributed by atoms with Crippen LogP contribution < -0.4 is 0 Å². The zero-order chi connectivity index (χ0) is 14.1. The fourth-order valence-electron chi connectivity index (χ4n) is 2.31. The van der Waals surface area contributed by atoms with Crippen LogP contribution in [0.15, 0.2) is 29.1 Å². The zero-order valence-corrected chi connectivity index (χ0v) is 12.1. The zero-order valence-electron chi connectivity index (χ0n) is 11.4. The van der Waals surface area contributed by atoms with Gasteiger partial charge in [-0.05, 0) is 31.5 Å². The van der Waals surface area contributed by atoms with Crippen molar-refractivity contribution in [3.63, 3.8) is 0 Å². The summed E-state index contributed by atoms with van der Waals surface area (Å²) in [6, 6.07) is 6.23. The van der Waals surface area contributed by atoms with Crippen LogP contribution in [0.4, 0.5) is 0 Å². The third kappa shape index (κ3) is 2.41. The molecular formula is C14H15ClN4O. The number of fused-ring (bicyclic) bond motifs is 1. The van der Waals surface area contributed by atoms with Gasteiger partial charge in [-0.3, -0.25) is 0 Å². The van der Waals surface area contributed by atoms with Gasteiger partial charge in [-0.25, -0.2) is 4.98 Å². The highest BCUT2D eigenvalue weighted by molar-refractivity contribution is 6.20. The number of rotatable bonds is 4. The molecule has 2 aromatic heterocycles. The van der Waals surface area contributed by atoms with Crippen LogP contribution in [0.5, 0.6) is 0 Å². The molecule has 0 saturated heterocycles. The third-order valence-electron chi connectivity index (χ3n) is 3.26. The maximum absolute atomic E-state index is 6.25. The Morgan fingerprint density at radius 1 is 1.40 bits per heavy atom. The van der Waals surface area contributed by atoms with Gasteiger partial charge in [-0.15, -0.1) is 11.6 Å². The molecule has 3 rings (SSSR count). The lowest BCUT2D eigenvalue weighted by atomic mass is 10.2. The second kappa shape index (κ2) is 5.25. The Morgan fingerprint density at radius 2 is 2.25 bits per heavy atom. The molecule has 0 spiro atoms. The lowest BCUT2D eigenvalue weighted by molar-refractivity contribution is 0.408. The van der Waals surface area contributed by atoms with Crippen molar-refractivity contribution < 1.29 is 4.52 Å². The fourth-order valence-corrected chi connectivity index (χ4v) is 2.48. The van der Waals surface area contributed by atoms with Gasteiger partial charge in [0.05, 0.1) is 16.4 Å². The molecule has 0 fully saturated rings. The first-order valence-corrected chi connectivity index (χ1v) is 6.95. The Bertz CT molecular complexity index is 718. The maximum Gasteiger partial charge on any atom is 0.213 e. The average Bonchev–Trinajstić information content (AvgIpc) is 3.02. The van der Waals surface area contributed by atoms with E-state index >= 15 is 0 Å². The van der Waals surface area contributed by atoms with Gasteiger partial charge in [0.2, 0.25) is 6.39 Å². The van der Waals surface area contributed by atoms with E-state index in [4.69, 9.17) is 16.1 Å². The summed E-state index contributed by atoms with van der Waals surface area (Å²) >= 11 is 6.25. The first-order valence-electron chi connectivity index (χ1n) is 6.51. The predicted octanol–water partition coefficient (Wildman–Crippen LogP) is 3.27. The normalized spacial score (nSPS) is 12.9. The van der Waals surface area contributed by atoms with Crippen molar-refractivity contribution in [1.82, 2.24) is 19.7 Å². The van der Waals surface area contributed by atoms with Crippen LogP contribution in [0, 0.1) is 6.92 Å². The molecule has 1 atom stereocenters. The van der Waals surface area contributed by atoms with E-state index < -0.39 is 0 Å². The smallest absolute Gasteiger partial charge is 0.213 e. The molecule has 0 N–H and O–H groups in total. The Hall–Kier alpha value is -1.88. The summed E-state index contributed by atoms with van der Waals surface area (Å²) in [6.45, 7) is 4.72. The fraction of sp³-hybridized carbons (Fsp3) is 0.357. The number of alkyl halides is 1. The average molecular weight is 291 g/mol. The quantitative estimate of drug-likeness (QED) is 0.692. The molecule has 0 saturated carbocycles. The molecule has 0 aliphatic heterocycles. The second-order valence-electron chi connectivity index (χ2n) is 4.83. The molecule has 0 radical (unpaired) electrons. The Morgan fingerprint density at radius 3 is 2.95 bits per heavy atom. The molecule has 2 heterocycles. The van der Waals surface area contributed by atoms with E-state index in [1.165, 1.54) is 12.0 Å². The van der Waals surface area contributed by atoms with Crippen molar-refractivity contribution in [3.8, 4) is 0 Å². The van der Waals surface area contributed by atoms with Gasteiger partial charge in [-0.1, -0.05) is 11.2 Å². The number of nitrogens with zero attached hydrogens (tertiary/aromatic N) is 4. The number of hydrogen-bond donors (Lipinski definition) is 0. The monoisotopic (exact) mass is 290 g/mol. The highest BCUT2D eigenvalue weighted by atomic mass is 35.5. The molecule has 3 aromatic rings. The summed E-state index contributed by atoms with van der Waals surface area (Å²) in [5, 5.41) is 3.69. The highest BCUT2D eigenvalue weighted by Gasteiger charge is 2.15. The standard InChI is InChI=1S/C14H15ClN4O/c1-9-3-4-12-11(7-9)17-14(10(2)15)19(12)6-5-13-16-8-20-18-13/h3-4,7-8,10H,5-6H2,1-2H3. The molecule has 20 heavy (non-hydrogen) atoms. The molecular weight excluding hydrogens is 276 g/mol. The van der Waals surface area contributed by atoms with Gasteiger partial charge in [0.25, 0.3) is 0 Å².